The van der Waals surface area contributed by atoms with Gasteiger partial charge in [-0.25, -0.2) is 0 Å². The molecule has 1 atom stereocenters. The molecule has 0 aliphatic carbocycles. The van der Waals surface area contributed by atoms with Gasteiger partial charge in [0.1, 0.15) is 0 Å². The molecule has 0 aromatic carbocycles. The van der Waals surface area contributed by atoms with Crippen molar-refractivity contribution in [2.24, 2.45) is 0 Å². The van der Waals surface area contributed by atoms with Crippen LogP contribution in [-0.4, -0.2) is 32.0 Å². The molecule has 15 heavy (non-hydrogen) atoms. The molecule has 1 aliphatic heterocycles. The third-order valence-electron chi connectivity index (χ3n) is 4.19. The monoisotopic (exact) mass is 258 g/mol. The molecule has 0 aromatic heterocycles. The third-order valence-corrected chi connectivity index (χ3v) is 20.8. The average Bonchev–Trinajstić information content (AvgIpc) is 2.37. The van der Waals surface area contributed by atoms with Gasteiger partial charge in [-0.15, -0.1) is 0 Å². The molecule has 2 radical (unpaired) electrons. The van der Waals surface area contributed by atoms with Gasteiger partial charge in [0.15, 0.2) is 8.32 Å². The van der Waals surface area contributed by atoms with Gasteiger partial charge in [0.05, 0.1) is 0 Å². The van der Waals surface area contributed by atoms with Crippen molar-refractivity contribution in [3.63, 3.8) is 0 Å². The molecule has 88 valence electrons. The fourth-order valence-corrected chi connectivity index (χ4v) is 20.7. The summed E-state index contributed by atoms with van der Waals surface area (Å²) in [5, 5.41) is 0. The highest BCUT2D eigenvalue weighted by atomic mass is 28.4. The van der Waals surface area contributed by atoms with Crippen LogP contribution in [0, 0.1) is 0 Å². The fraction of sp³-hybridized carbons (Fsp3) is 1.00. The molecule has 0 N–H and O–H groups in total. The van der Waals surface area contributed by atoms with Gasteiger partial charge in [0, 0.05) is 23.7 Å². The molecular formula is C11H26OSi3. The molecule has 1 fully saturated rings. The lowest BCUT2D eigenvalue weighted by atomic mass is 10.2. The summed E-state index contributed by atoms with van der Waals surface area (Å²) >= 11 is 0. The van der Waals surface area contributed by atoms with E-state index >= 15 is 0 Å². The summed E-state index contributed by atoms with van der Waals surface area (Å²) in [7, 11) is -1.92. The van der Waals surface area contributed by atoms with E-state index in [1.54, 1.807) is 0 Å². The second kappa shape index (κ2) is 4.47. The Morgan fingerprint density at radius 1 is 1.20 bits per heavy atom. The van der Waals surface area contributed by atoms with Crippen LogP contribution in [0.1, 0.15) is 19.8 Å². The Kier molecular flexibility index (Phi) is 4.07. The van der Waals surface area contributed by atoms with Crippen molar-refractivity contribution in [1.82, 2.24) is 0 Å². The van der Waals surface area contributed by atoms with E-state index in [1.165, 1.54) is 12.8 Å². The quantitative estimate of drug-likeness (QED) is 0.701. The third kappa shape index (κ3) is 2.06. The Balaban J connectivity index is 3.07. The van der Waals surface area contributed by atoms with Crippen LogP contribution in [0.15, 0.2) is 0 Å². The van der Waals surface area contributed by atoms with Gasteiger partial charge in [-0.2, -0.15) is 0 Å². The van der Waals surface area contributed by atoms with Crippen LogP contribution in [0.4, 0.5) is 0 Å². The first-order chi connectivity index (χ1) is 6.78. The molecule has 1 aliphatic rings. The van der Waals surface area contributed by atoms with Crippen molar-refractivity contribution in [1.29, 1.82) is 0 Å². The Morgan fingerprint density at radius 3 is 1.87 bits per heavy atom. The summed E-state index contributed by atoms with van der Waals surface area (Å²) in [6.07, 6.45) is 3.17. The van der Waals surface area contributed by atoms with Gasteiger partial charge >= 0.3 is 0 Å². The molecule has 0 spiro atoms. The van der Waals surface area contributed by atoms with Crippen LogP contribution in [0.5, 0.6) is 0 Å². The lowest BCUT2D eigenvalue weighted by Crippen LogP contribution is -2.53. The van der Waals surface area contributed by atoms with Crippen molar-refractivity contribution < 1.29 is 4.43 Å². The molecule has 0 amide bonds. The van der Waals surface area contributed by atoms with Crippen LogP contribution in [-0.2, 0) is 4.43 Å². The number of hydrogen-bond donors (Lipinski definition) is 0. The van der Waals surface area contributed by atoms with E-state index in [2.05, 4.69) is 46.2 Å². The molecule has 0 saturated carbocycles. The van der Waals surface area contributed by atoms with E-state index in [0.717, 1.165) is 0 Å². The zero-order chi connectivity index (χ0) is 11.9. The molecule has 1 unspecified atom stereocenters. The normalized spacial score (nSPS) is 29.0. The highest BCUT2D eigenvalue weighted by Crippen LogP contribution is 2.54. The molecule has 1 saturated heterocycles. The first-order valence-electron chi connectivity index (χ1n) is 6.07. The van der Waals surface area contributed by atoms with Gasteiger partial charge in [-0.1, -0.05) is 33.1 Å². The summed E-state index contributed by atoms with van der Waals surface area (Å²) < 4.78 is 7.11. The highest BCUT2D eigenvalue weighted by Gasteiger charge is 2.59. The first-order valence-corrected chi connectivity index (χ1v) is 14.0. The summed E-state index contributed by atoms with van der Waals surface area (Å²) in [5.41, 5.74) is 0. The van der Waals surface area contributed by atoms with Gasteiger partial charge in [0.25, 0.3) is 0 Å². The minimum Gasteiger partial charge on any atom is -0.415 e. The molecule has 1 heterocycles. The largest absolute Gasteiger partial charge is 0.415 e. The Hall–Kier alpha value is 0.611. The Bertz CT molecular complexity index is 218. The minimum absolute atomic E-state index is 0.238. The summed E-state index contributed by atoms with van der Waals surface area (Å²) in [5.74, 6) is 0. The van der Waals surface area contributed by atoms with Gasteiger partial charge in [0.2, 0.25) is 0 Å². The SMILES string of the molecule is CCC1CC([Si](C)C)([Si](C)C)[Si](C)(C)O1. The molecule has 1 nitrogen and oxygen atoms in total. The minimum atomic E-state index is -1.44. The fourth-order valence-electron chi connectivity index (χ4n) is 3.49. The first kappa shape index (κ1) is 13.7. The zero-order valence-corrected chi connectivity index (χ0v) is 14.4. The lowest BCUT2D eigenvalue weighted by molar-refractivity contribution is 0.219. The maximum Gasteiger partial charge on any atom is 0.187 e. The second-order valence-corrected chi connectivity index (χ2v) is 17.1. The average molecular weight is 259 g/mol. The predicted molar refractivity (Wildman–Crippen MR) is 74.9 cm³/mol. The topological polar surface area (TPSA) is 9.23 Å². The molecular weight excluding hydrogens is 232 g/mol. The van der Waals surface area contributed by atoms with Crippen LogP contribution in [0.3, 0.4) is 0 Å². The Morgan fingerprint density at radius 2 is 1.67 bits per heavy atom. The van der Waals surface area contributed by atoms with Crippen LogP contribution < -0.4 is 0 Å². The zero-order valence-electron chi connectivity index (χ0n) is 11.4. The van der Waals surface area contributed by atoms with Crippen molar-refractivity contribution in [2.75, 3.05) is 0 Å². The maximum absolute atomic E-state index is 6.43. The predicted octanol–water partition coefficient (Wildman–Crippen LogP) is 3.72. The molecule has 1 rings (SSSR count). The van der Waals surface area contributed by atoms with Crippen LogP contribution in [0.25, 0.3) is 0 Å². The van der Waals surface area contributed by atoms with Crippen molar-refractivity contribution in [3.05, 3.63) is 0 Å². The van der Waals surface area contributed by atoms with E-state index in [4.69, 9.17) is 4.43 Å². The number of rotatable bonds is 3. The van der Waals surface area contributed by atoms with Crippen molar-refractivity contribution >= 4 is 25.9 Å². The van der Waals surface area contributed by atoms with E-state index in [1.807, 2.05) is 0 Å². The van der Waals surface area contributed by atoms with Crippen molar-refractivity contribution in [2.45, 2.75) is 69.4 Å². The standard InChI is InChI=1S/C11H26OSi3/c1-8-10-9-11(13(2)3,14(4)5)15(6,7)12-10/h10H,8-9H2,1-7H3. The van der Waals surface area contributed by atoms with Gasteiger partial charge < -0.3 is 4.43 Å². The van der Waals surface area contributed by atoms with E-state index in [9.17, 15) is 0 Å². The summed E-state index contributed by atoms with van der Waals surface area (Å²) in [6.45, 7) is 17.3. The molecule has 0 bridgehead atoms. The maximum atomic E-state index is 6.43. The smallest absolute Gasteiger partial charge is 0.187 e. The van der Waals surface area contributed by atoms with E-state index < -0.39 is 8.32 Å². The second-order valence-electron chi connectivity index (χ2n) is 5.77. The summed E-state index contributed by atoms with van der Waals surface area (Å²) in [6, 6.07) is 0. The van der Waals surface area contributed by atoms with Crippen LogP contribution >= 0.6 is 0 Å². The van der Waals surface area contributed by atoms with Gasteiger partial charge in [-0.05, 0) is 30.2 Å². The Labute approximate surface area is 100.0 Å². The van der Waals surface area contributed by atoms with Crippen molar-refractivity contribution in [3.8, 4) is 0 Å². The van der Waals surface area contributed by atoms with E-state index in [0.29, 0.717) is 10.4 Å². The highest BCUT2D eigenvalue weighted by molar-refractivity contribution is 7.03. The van der Waals surface area contributed by atoms with Crippen LogP contribution in [0.2, 0.25) is 43.6 Å². The number of hydrogen-bond acceptors (Lipinski definition) is 1. The molecule has 0 aromatic rings. The lowest BCUT2D eigenvalue weighted by Gasteiger charge is -2.43. The summed E-state index contributed by atoms with van der Waals surface area (Å²) in [4.78, 5) is 0. The van der Waals surface area contributed by atoms with E-state index in [-0.39, 0.29) is 17.6 Å². The van der Waals surface area contributed by atoms with Gasteiger partial charge in [-0.3, -0.25) is 0 Å². The molecule has 4 heteroatoms.